The molecule has 2 aliphatic heterocycles. The Hall–Kier alpha value is -1.84. The molecule has 7 heteroatoms. The van der Waals surface area contributed by atoms with Gasteiger partial charge in [0.15, 0.2) is 5.96 Å². The zero-order valence-corrected chi connectivity index (χ0v) is 21.5. The first-order valence-electron chi connectivity index (χ1n) is 11.4. The van der Waals surface area contributed by atoms with Gasteiger partial charge in [-0.25, -0.2) is 0 Å². The molecule has 1 saturated heterocycles. The molecule has 0 bridgehead atoms. The van der Waals surface area contributed by atoms with Gasteiger partial charge in [0.25, 0.3) is 0 Å². The average molecular weight is 550 g/mol. The van der Waals surface area contributed by atoms with E-state index in [0.717, 1.165) is 64.9 Å². The van der Waals surface area contributed by atoms with Crippen LogP contribution in [0.5, 0.6) is 0 Å². The Balaban J connectivity index is 0.00000289. The highest BCUT2D eigenvalue weighted by Crippen LogP contribution is 2.28. The molecule has 1 fully saturated rings. The van der Waals surface area contributed by atoms with Crippen LogP contribution in [-0.2, 0) is 24.2 Å². The molecular weight excluding hydrogens is 513 g/mol. The van der Waals surface area contributed by atoms with Crippen molar-refractivity contribution in [3.8, 4) is 0 Å². The van der Waals surface area contributed by atoms with E-state index in [4.69, 9.17) is 4.74 Å². The number of rotatable bonds is 7. The van der Waals surface area contributed by atoms with Crippen LogP contribution in [0.15, 0.2) is 53.5 Å². The predicted molar refractivity (Wildman–Crippen MR) is 143 cm³/mol. The summed E-state index contributed by atoms with van der Waals surface area (Å²) in [5, 5.41) is 7.02. The molecule has 0 radical (unpaired) electrons. The summed E-state index contributed by atoms with van der Waals surface area (Å²) < 4.78 is 5.48. The second-order valence-electron chi connectivity index (χ2n) is 8.39. The Labute approximate surface area is 209 Å². The molecule has 4 rings (SSSR count). The Morgan fingerprint density at radius 3 is 2.50 bits per heavy atom. The number of fused-ring (bicyclic) bond motifs is 1. The summed E-state index contributed by atoms with van der Waals surface area (Å²) in [6.07, 6.45) is 1.13. The third kappa shape index (κ3) is 6.36. The van der Waals surface area contributed by atoms with Crippen molar-refractivity contribution in [3.63, 3.8) is 0 Å². The molecule has 174 valence electrons. The van der Waals surface area contributed by atoms with Crippen LogP contribution in [0.1, 0.15) is 23.6 Å². The minimum atomic E-state index is 0. The Bertz CT molecular complexity index is 884. The highest BCUT2D eigenvalue weighted by Gasteiger charge is 2.22. The van der Waals surface area contributed by atoms with E-state index >= 15 is 0 Å². The standard InChI is InChI=1S/C25H35N5O.HI/c1-20(30-12-11-21-7-5-6-10-24(21)30)17-27-25(26-2)28-18-22-8-3-4-9-23(22)19-29-13-15-31-16-14-29;/h3-10,20H,11-19H2,1-2H3,(H2,26,27,28);1H. The molecule has 2 heterocycles. The van der Waals surface area contributed by atoms with Gasteiger partial charge in [-0.05, 0) is 36.1 Å². The number of hydrogen-bond donors (Lipinski definition) is 2. The third-order valence-electron chi connectivity index (χ3n) is 6.31. The number of nitrogens with one attached hydrogen (secondary N) is 2. The van der Waals surface area contributed by atoms with Crippen LogP contribution in [0.2, 0.25) is 0 Å². The maximum absolute atomic E-state index is 5.48. The monoisotopic (exact) mass is 549 g/mol. The van der Waals surface area contributed by atoms with Gasteiger partial charge in [-0.3, -0.25) is 9.89 Å². The molecular formula is C25H36IN5O. The van der Waals surface area contributed by atoms with Crippen molar-refractivity contribution in [1.82, 2.24) is 15.5 Å². The number of halogens is 1. The molecule has 0 saturated carbocycles. The van der Waals surface area contributed by atoms with E-state index in [9.17, 15) is 0 Å². The highest BCUT2D eigenvalue weighted by atomic mass is 127. The minimum absolute atomic E-state index is 0. The van der Waals surface area contributed by atoms with E-state index in [1.807, 2.05) is 7.05 Å². The van der Waals surface area contributed by atoms with Crippen LogP contribution < -0.4 is 15.5 Å². The SMILES string of the molecule is CN=C(NCc1ccccc1CN1CCOCC1)NCC(C)N1CCc2ccccc21.I. The van der Waals surface area contributed by atoms with Crippen LogP contribution >= 0.6 is 24.0 Å². The Morgan fingerprint density at radius 2 is 1.72 bits per heavy atom. The molecule has 0 aliphatic carbocycles. The Kier molecular flexibility index (Phi) is 9.62. The summed E-state index contributed by atoms with van der Waals surface area (Å²) in [7, 11) is 1.84. The molecule has 0 amide bonds. The van der Waals surface area contributed by atoms with Gasteiger partial charge in [0, 0.05) is 58.0 Å². The van der Waals surface area contributed by atoms with Crippen LogP contribution in [0, 0.1) is 0 Å². The van der Waals surface area contributed by atoms with Gasteiger partial charge in [-0.1, -0.05) is 42.5 Å². The Morgan fingerprint density at radius 1 is 1.00 bits per heavy atom. The average Bonchev–Trinajstić information content (AvgIpc) is 3.25. The smallest absolute Gasteiger partial charge is 0.191 e. The minimum Gasteiger partial charge on any atom is -0.379 e. The van der Waals surface area contributed by atoms with Crippen molar-refractivity contribution >= 4 is 35.6 Å². The maximum Gasteiger partial charge on any atom is 0.191 e. The van der Waals surface area contributed by atoms with E-state index in [-0.39, 0.29) is 24.0 Å². The van der Waals surface area contributed by atoms with Crippen molar-refractivity contribution in [1.29, 1.82) is 0 Å². The molecule has 32 heavy (non-hydrogen) atoms. The first-order valence-corrected chi connectivity index (χ1v) is 11.4. The van der Waals surface area contributed by atoms with E-state index in [2.05, 4.69) is 80.9 Å². The summed E-state index contributed by atoms with van der Waals surface area (Å²) in [6.45, 7) is 9.62. The second kappa shape index (κ2) is 12.4. The lowest BCUT2D eigenvalue weighted by atomic mass is 10.1. The first kappa shape index (κ1) is 24.8. The number of morpholine rings is 1. The number of benzene rings is 2. The number of guanidine groups is 1. The molecule has 0 aromatic heterocycles. The number of para-hydroxylation sites is 1. The van der Waals surface area contributed by atoms with E-state index in [1.54, 1.807) is 0 Å². The lowest BCUT2D eigenvalue weighted by molar-refractivity contribution is 0.0341. The van der Waals surface area contributed by atoms with Gasteiger partial charge < -0.3 is 20.3 Å². The molecule has 1 unspecified atom stereocenters. The fraction of sp³-hybridized carbons (Fsp3) is 0.480. The van der Waals surface area contributed by atoms with Gasteiger partial charge in [-0.15, -0.1) is 24.0 Å². The molecule has 1 atom stereocenters. The number of hydrogen-bond acceptors (Lipinski definition) is 4. The quantitative estimate of drug-likeness (QED) is 0.316. The normalized spacial score (nSPS) is 17.4. The summed E-state index contributed by atoms with van der Waals surface area (Å²) in [5.41, 5.74) is 5.51. The van der Waals surface area contributed by atoms with Crippen LogP contribution in [0.25, 0.3) is 0 Å². The second-order valence-corrected chi connectivity index (χ2v) is 8.39. The molecule has 2 aromatic rings. The van der Waals surface area contributed by atoms with Crippen molar-refractivity contribution in [2.75, 3.05) is 51.3 Å². The lowest BCUT2D eigenvalue weighted by Gasteiger charge is -2.28. The number of anilines is 1. The van der Waals surface area contributed by atoms with Gasteiger partial charge >= 0.3 is 0 Å². The molecule has 2 aromatic carbocycles. The van der Waals surface area contributed by atoms with E-state index in [0.29, 0.717) is 6.04 Å². The fourth-order valence-corrected chi connectivity index (χ4v) is 4.46. The van der Waals surface area contributed by atoms with Crippen LogP contribution in [-0.4, -0.2) is 63.3 Å². The van der Waals surface area contributed by atoms with E-state index in [1.165, 1.54) is 22.4 Å². The van der Waals surface area contributed by atoms with Gasteiger partial charge in [0.05, 0.1) is 13.2 Å². The zero-order chi connectivity index (χ0) is 21.5. The topological polar surface area (TPSA) is 52.1 Å². The molecule has 6 nitrogen and oxygen atoms in total. The summed E-state index contributed by atoms with van der Waals surface area (Å²) in [6, 6.07) is 17.8. The molecule has 2 N–H and O–H groups in total. The fourth-order valence-electron chi connectivity index (χ4n) is 4.46. The van der Waals surface area contributed by atoms with Gasteiger partial charge in [0.2, 0.25) is 0 Å². The van der Waals surface area contributed by atoms with E-state index < -0.39 is 0 Å². The van der Waals surface area contributed by atoms with Crippen molar-refractivity contribution in [2.45, 2.75) is 32.5 Å². The van der Waals surface area contributed by atoms with Gasteiger partial charge in [0.1, 0.15) is 0 Å². The van der Waals surface area contributed by atoms with Crippen LogP contribution in [0.4, 0.5) is 5.69 Å². The maximum atomic E-state index is 5.48. The largest absolute Gasteiger partial charge is 0.379 e. The van der Waals surface area contributed by atoms with Crippen molar-refractivity contribution < 1.29 is 4.74 Å². The number of aliphatic imine (C=N–C) groups is 1. The number of nitrogens with zero attached hydrogens (tertiary/aromatic N) is 3. The summed E-state index contributed by atoms with van der Waals surface area (Å²) >= 11 is 0. The van der Waals surface area contributed by atoms with Crippen molar-refractivity contribution in [3.05, 3.63) is 65.2 Å². The van der Waals surface area contributed by atoms with Crippen LogP contribution in [0.3, 0.4) is 0 Å². The highest BCUT2D eigenvalue weighted by molar-refractivity contribution is 14.0. The van der Waals surface area contributed by atoms with Gasteiger partial charge in [-0.2, -0.15) is 0 Å². The summed E-state index contributed by atoms with van der Waals surface area (Å²) in [4.78, 5) is 9.40. The number of ether oxygens (including phenoxy) is 1. The lowest BCUT2D eigenvalue weighted by Crippen LogP contribution is -2.45. The van der Waals surface area contributed by atoms with Crippen molar-refractivity contribution in [2.24, 2.45) is 4.99 Å². The summed E-state index contributed by atoms with van der Waals surface area (Å²) in [5.74, 6) is 0.848. The zero-order valence-electron chi connectivity index (χ0n) is 19.2. The predicted octanol–water partition coefficient (Wildman–Crippen LogP) is 3.25. The molecule has 2 aliphatic rings. The first-order chi connectivity index (χ1) is 15.2. The molecule has 0 spiro atoms. The third-order valence-corrected chi connectivity index (χ3v) is 6.31.